The van der Waals surface area contributed by atoms with E-state index in [1.165, 1.54) is 49.5 Å². The highest BCUT2D eigenvalue weighted by Crippen LogP contribution is 2.32. The molecule has 2 amide bonds. The first-order valence-corrected chi connectivity index (χ1v) is 15.8. The number of sulfonamides is 1. The van der Waals surface area contributed by atoms with Crippen LogP contribution in [0.1, 0.15) is 39.7 Å². The first-order chi connectivity index (χ1) is 20.3. The average Bonchev–Trinajstić information content (AvgIpc) is 2.97. The van der Waals surface area contributed by atoms with Crippen molar-refractivity contribution in [3.8, 4) is 11.5 Å². The van der Waals surface area contributed by atoms with E-state index in [-0.39, 0.29) is 28.8 Å². The summed E-state index contributed by atoms with van der Waals surface area (Å²) in [5, 5.41) is 3.38. The number of hydrogen-bond acceptors (Lipinski definition) is 6. The second-order valence-corrected chi connectivity index (χ2v) is 13.3. The summed E-state index contributed by atoms with van der Waals surface area (Å²) in [6.07, 6.45) is 0.821. The molecule has 0 heterocycles. The summed E-state index contributed by atoms with van der Waals surface area (Å²) >= 11 is 6.11. The van der Waals surface area contributed by atoms with Gasteiger partial charge in [0.05, 0.1) is 24.8 Å². The number of methoxy groups -OCH3 is 2. The zero-order valence-corrected chi connectivity index (χ0v) is 27.0. The number of nitrogens with zero attached hydrogens (tertiary/aromatic N) is 2. The van der Waals surface area contributed by atoms with E-state index in [2.05, 4.69) is 5.32 Å². The van der Waals surface area contributed by atoms with Gasteiger partial charge < -0.3 is 19.7 Å². The highest BCUT2D eigenvalue weighted by molar-refractivity contribution is 7.92. The van der Waals surface area contributed by atoms with Crippen molar-refractivity contribution in [1.82, 2.24) is 10.2 Å². The Labute approximate surface area is 259 Å². The smallest absolute Gasteiger partial charge is 0.264 e. The van der Waals surface area contributed by atoms with E-state index in [0.717, 1.165) is 9.87 Å². The Kier molecular flexibility index (Phi) is 11.5. The van der Waals surface area contributed by atoms with Gasteiger partial charge >= 0.3 is 0 Å². The van der Waals surface area contributed by atoms with Crippen molar-refractivity contribution in [3.05, 3.63) is 83.4 Å². The quantitative estimate of drug-likeness (QED) is 0.275. The third-order valence-electron chi connectivity index (χ3n) is 6.70. The minimum atomic E-state index is -4.30. The van der Waals surface area contributed by atoms with Crippen LogP contribution in [0.15, 0.2) is 77.7 Å². The van der Waals surface area contributed by atoms with Crippen LogP contribution in [0.2, 0.25) is 5.02 Å². The van der Waals surface area contributed by atoms with Crippen LogP contribution in [0.4, 0.5) is 5.69 Å². The Morgan fingerprint density at radius 3 is 2.12 bits per heavy atom. The van der Waals surface area contributed by atoms with E-state index in [1.54, 1.807) is 12.1 Å². The molecule has 0 bridgehead atoms. The molecule has 11 heteroatoms. The van der Waals surface area contributed by atoms with E-state index >= 15 is 0 Å². The Morgan fingerprint density at radius 1 is 0.930 bits per heavy atom. The summed E-state index contributed by atoms with van der Waals surface area (Å²) in [6.45, 7) is 7.09. The monoisotopic (exact) mass is 629 g/mol. The van der Waals surface area contributed by atoms with Gasteiger partial charge in [-0.15, -0.1) is 0 Å². The van der Waals surface area contributed by atoms with Gasteiger partial charge in [0.2, 0.25) is 11.8 Å². The van der Waals surface area contributed by atoms with Gasteiger partial charge in [-0.1, -0.05) is 48.9 Å². The summed E-state index contributed by atoms with van der Waals surface area (Å²) in [6, 6.07) is 19.2. The third kappa shape index (κ3) is 8.87. The van der Waals surface area contributed by atoms with Gasteiger partial charge in [0.25, 0.3) is 10.0 Å². The van der Waals surface area contributed by atoms with Crippen LogP contribution in [0.5, 0.6) is 11.5 Å². The number of carbonyl (C=O) groups excluding carboxylic acids is 2. The first-order valence-electron chi connectivity index (χ1n) is 14.0. The zero-order chi connectivity index (χ0) is 31.8. The molecule has 3 rings (SSSR count). The number of hydrogen-bond donors (Lipinski definition) is 1. The topological polar surface area (TPSA) is 105 Å². The van der Waals surface area contributed by atoms with Crippen molar-refractivity contribution in [1.29, 1.82) is 0 Å². The standard InChI is InChI=1S/C32H40ClN3O6S/c1-7-27(31(38)34-32(2,3)4)35(20-19-23-11-9-8-10-12-23)30(37)22-36(25-15-13-24(33)14-16-25)43(39,40)26-17-18-28(41-5)29(21-26)42-6/h8-18,21,27H,7,19-20,22H2,1-6H3,(H,34,38). The van der Waals surface area contributed by atoms with Gasteiger partial charge in [0.15, 0.2) is 11.5 Å². The third-order valence-corrected chi connectivity index (χ3v) is 8.73. The molecule has 0 spiro atoms. The number of carbonyl (C=O) groups is 2. The highest BCUT2D eigenvalue weighted by atomic mass is 35.5. The van der Waals surface area contributed by atoms with Gasteiger partial charge in [-0.25, -0.2) is 8.42 Å². The highest BCUT2D eigenvalue weighted by Gasteiger charge is 2.34. The van der Waals surface area contributed by atoms with Crippen LogP contribution in [0, 0.1) is 0 Å². The minimum Gasteiger partial charge on any atom is -0.493 e. The second-order valence-electron chi connectivity index (χ2n) is 11.0. The van der Waals surface area contributed by atoms with Gasteiger partial charge in [0.1, 0.15) is 12.6 Å². The predicted octanol–water partition coefficient (Wildman–Crippen LogP) is 5.32. The molecular formula is C32H40ClN3O6S. The zero-order valence-electron chi connectivity index (χ0n) is 25.5. The van der Waals surface area contributed by atoms with Gasteiger partial charge in [-0.05, 0) is 75.6 Å². The van der Waals surface area contributed by atoms with Gasteiger partial charge in [0, 0.05) is 23.2 Å². The summed E-state index contributed by atoms with van der Waals surface area (Å²) in [7, 11) is -1.43. The SMILES string of the molecule is CCC(C(=O)NC(C)(C)C)N(CCc1ccccc1)C(=O)CN(c1ccc(Cl)cc1)S(=O)(=O)c1ccc(OC)c(OC)c1. The first kappa shape index (κ1) is 33.7. The summed E-state index contributed by atoms with van der Waals surface area (Å²) in [5.74, 6) is -0.248. The predicted molar refractivity (Wildman–Crippen MR) is 169 cm³/mol. The van der Waals surface area contributed by atoms with Crippen LogP contribution in [0.3, 0.4) is 0 Å². The molecule has 43 heavy (non-hydrogen) atoms. The Balaban J connectivity index is 2.06. The molecule has 0 radical (unpaired) electrons. The van der Waals surface area contributed by atoms with E-state index in [9.17, 15) is 18.0 Å². The number of ether oxygens (including phenoxy) is 2. The molecule has 0 saturated heterocycles. The number of rotatable bonds is 13. The molecule has 0 fully saturated rings. The molecule has 0 aliphatic rings. The number of benzene rings is 3. The van der Waals surface area contributed by atoms with Crippen molar-refractivity contribution in [2.24, 2.45) is 0 Å². The van der Waals surface area contributed by atoms with Crippen molar-refractivity contribution < 1.29 is 27.5 Å². The summed E-state index contributed by atoms with van der Waals surface area (Å²) in [5.41, 5.74) is 0.701. The molecule has 3 aromatic rings. The number of amides is 2. The molecule has 0 aliphatic carbocycles. The van der Waals surface area contributed by atoms with Crippen LogP contribution in [0.25, 0.3) is 0 Å². The Morgan fingerprint density at radius 2 is 1.56 bits per heavy atom. The van der Waals surface area contributed by atoms with Crippen LogP contribution in [-0.2, 0) is 26.0 Å². The maximum Gasteiger partial charge on any atom is 0.264 e. The lowest BCUT2D eigenvalue weighted by molar-refractivity contribution is -0.140. The summed E-state index contributed by atoms with van der Waals surface area (Å²) in [4.78, 5) is 28.9. The van der Waals surface area contributed by atoms with E-state index < -0.39 is 34.1 Å². The van der Waals surface area contributed by atoms with E-state index in [1.807, 2.05) is 58.0 Å². The molecule has 232 valence electrons. The van der Waals surface area contributed by atoms with E-state index in [4.69, 9.17) is 21.1 Å². The maximum atomic E-state index is 14.2. The van der Waals surface area contributed by atoms with Crippen molar-refractivity contribution in [2.75, 3.05) is 31.6 Å². The van der Waals surface area contributed by atoms with Crippen molar-refractivity contribution in [2.45, 2.75) is 57.0 Å². The fraction of sp³-hybridized carbons (Fsp3) is 0.375. The van der Waals surface area contributed by atoms with Crippen molar-refractivity contribution >= 4 is 39.1 Å². The second kappa shape index (κ2) is 14.6. The molecule has 9 nitrogen and oxygen atoms in total. The molecule has 0 saturated carbocycles. The van der Waals surface area contributed by atoms with E-state index in [0.29, 0.717) is 23.6 Å². The Hall–Kier alpha value is -3.76. The molecule has 0 aromatic heterocycles. The molecular weight excluding hydrogens is 590 g/mol. The number of halogens is 1. The number of anilines is 1. The van der Waals surface area contributed by atoms with Gasteiger partial charge in [-0.3, -0.25) is 13.9 Å². The largest absolute Gasteiger partial charge is 0.493 e. The lowest BCUT2D eigenvalue weighted by Crippen LogP contribution is -2.56. The molecule has 1 atom stereocenters. The maximum absolute atomic E-state index is 14.2. The van der Waals surface area contributed by atoms with Crippen molar-refractivity contribution in [3.63, 3.8) is 0 Å². The lowest BCUT2D eigenvalue weighted by atomic mass is 10.1. The van der Waals surface area contributed by atoms with Crippen LogP contribution < -0.4 is 19.1 Å². The normalized spacial score (nSPS) is 12.3. The fourth-order valence-electron chi connectivity index (χ4n) is 4.59. The fourth-order valence-corrected chi connectivity index (χ4v) is 6.15. The van der Waals surface area contributed by atoms with Gasteiger partial charge in [-0.2, -0.15) is 0 Å². The molecule has 0 aliphatic heterocycles. The molecule has 3 aromatic carbocycles. The van der Waals surface area contributed by atoms with Crippen LogP contribution >= 0.6 is 11.6 Å². The summed E-state index contributed by atoms with van der Waals surface area (Å²) < 4.78 is 39.9. The van der Waals surface area contributed by atoms with Crippen LogP contribution in [-0.4, -0.2) is 64.0 Å². The Bertz CT molecular complexity index is 1490. The minimum absolute atomic E-state index is 0.0961. The average molecular weight is 630 g/mol. The molecule has 1 unspecified atom stereocenters. The number of nitrogens with one attached hydrogen (secondary N) is 1. The molecule has 1 N–H and O–H groups in total. The lowest BCUT2D eigenvalue weighted by Gasteiger charge is -2.34.